The minimum Gasteiger partial charge on any atom is -0.478 e. The summed E-state index contributed by atoms with van der Waals surface area (Å²) in [5, 5.41) is 14.7. The van der Waals surface area contributed by atoms with Crippen LogP contribution in [0.2, 0.25) is 0 Å². The lowest BCUT2D eigenvalue weighted by molar-refractivity contribution is -0.116. The second kappa shape index (κ2) is 10.7. The van der Waals surface area contributed by atoms with E-state index in [-0.39, 0.29) is 30.2 Å². The van der Waals surface area contributed by atoms with Gasteiger partial charge in [0, 0.05) is 22.9 Å². The Morgan fingerprint density at radius 1 is 1.00 bits per heavy atom. The second-order valence-electron chi connectivity index (χ2n) is 8.32. The highest BCUT2D eigenvalue weighted by molar-refractivity contribution is 9.10. The summed E-state index contributed by atoms with van der Waals surface area (Å²) >= 11 is 3.28. The number of carbonyl (C=O) groups is 3. The number of carboxylic acids is 1. The predicted octanol–water partition coefficient (Wildman–Crippen LogP) is 5.79. The highest BCUT2D eigenvalue weighted by Gasteiger charge is 2.29. The van der Waals surface area contributed by atoms with Gasteiger partial charge in [-0.3, -0.25) is 4.79 Å². The Hall–Kier alpha value is -3.65. The number of nitrogens with one attached hydrogen (secondary N) is 2. The summed E-state index contributed by atoms with van der Waals surface area (Å²) in [5.74, 6) is -1.60. The van der Waals surface area contributed by atoms with E-state index in [2.05, 4.69) is 38.7 Å². The van der Waals surface area contributed by atoms with Crippen molar-refractivity contribution in [3.05, 3.63) is 87.9 Å². The minimum absolute atomic E-state index is 0.0147. The smallest absolute Gasteiger partial charge is 0.407 e. The van der Waals surface area contributed by atoms with Crippen molar-refractivity contribution in [2.24, 2.45) is 0 Å². The SMILES string of the molecule is CC[C@H](CC(=O)Nc1cc(Br)ccc1C(=O)O)NC(=O)OCC1c2ccccc2-c2ccccc21. The first-order valence-corrected chi connectivity index (χ1v) is 12.1. The van der Waals surface area contributed by atoms with Crippen LogP contribution in [0.5, 0.6) is 0 Å². The van der Waals surface area contributed by atoms with E-state index in [1.165, 1.54) is 12.1 Å². The number of amides is 2. The molecule has 3 N–H and O–H groups in total. The third kappa shape index (κ3) is 5.54. The van der Waals surface area contributed by atoms with Gasteiger partial charge in [-0.2, -0.15) is 0 Å². The molecule has 3 aromatic rings. The Morgan fingerprint density at radius 3 is 2.23 bits per heavy atom. The molecular formula is C27H25BrN2O5. The first-order valence-electron chi connectivity index (χ1n) is 11.3. The van der Waals surface area contributed by atoms with Gasteiger partial charge in [-0.05, 0) is 46.9 Å². The average molecular weight is 537 g/mol. The molecular weight excluding hydrogens is 512 g/mol. The van der Waals surface area contributed by atoms with Crippen LogP contribution in [0, 0.1) is 0 Å². The van der Waals surface area contributed by atoms with Crippen LogP contribution in [0.4, 0.5) is 10.5 Å². The van der Waals surface area contributed by atoms with Gasteiger partial charge < -0.3 is 20.5 Å². The average Bonchev–Trinajstić information content (AvgIpc) is 3.16. The Morgan fingerprint density at radius 2 is 1.63 bits per heavy atom. The number of carboxylic acid groups (broad SMARTS) is 1. The van der Waals surface area contributed by atoms with Crippen LogP contribution in [-0.4, -0.2) is 35.7 Å². The molecule has 8 heteroatoms. The van der Waals surface area contributed by atoms with Gasteiger partial charge in [0.25, 0.3) is 0 Å². The molecule has 3 aromatic carbocycles. The molecule has 7 nitrogen and oxygen atoms in total. The first kappa shape index (κ1) is 24.5. The van der Waals surface area contributed by atoms with Crippen LogP contribution in [-0.2, 0) is 9.53 Å². The zero-order chi connectivity index (χ0) is 24.9. The molecule has 0 bridgehead atoms. The van der Waals surface area contributed by atoms with Gasteiger partial charge in [0.05, 0.1) is 11.3 Å². The number of hydrogen-bond donors (Lipinski definition) is 3. The molecule has 0 aromatic heterocycles. The molecule has 0 radical (unpaired) electrons. The number of carbonyl (C=O) groups excluding carboxylic acids is 2. The Kier molecular flexibility index (Phi) is 7.51. The molecule has 1 aliphatic rings. The monoisotopic (exact) mass is 536 g/mol. The summed E-state index contributed by atoms with van der Waals surface area (Å²) in [6.45, 7) is 2.03. The fourth-order valence-electron chi connectivity index (χ4n) is 4.34. The quantitative estimate of drug-likeness (QED) is 0.337. The number of halogens is 1. The van der Waals surface area contributed by atoms with Gasteiger partial charge in [0.1, 0.15) is 6.61 Å². The van der Waals surface area contributed by atoms with E-state index in [9.17, 15) is 19.5 Å². The molecule has 0 saturated heterocycles. The summed E-state index contributed by atoms with van der Waals surface area (Å²) in [7, 11) is 0. The fourth-order valence-corrected chi connectivity index (χ4v) is 4.70. The number of alkyl carbamates (subject to hydrolysis) is 1. The second-order valence-corrected chi connectivity index (χ2v) is 9.24. The van der Waals surface area contributed by atoms with Crippen LogP contribution in [0.25, 0.3) is 11.1 Å². The van der Waals surface area contributed by atoms with Crippen molar-refractivity contribution >= 4 is 39.6 Å². The summed E-state index contributed by atoms with van der Waals surface area (Å²) < 4.78 is 6.21. The van der Waals surface area contributed by atoms with E-state index in [4.69, 9.17) is 4.74 Å². The lowest BCUT2D eigenvalue weighted by Gasteiger charge is -2.19. The van der Waals surface area contributed by atoms with Gasteiger partial charge >= 0.3 is 12.1 Å². The van der Waals surface area contributed by atoms with Crippen molar-refractivity contribution in [1.29, 1.82) is 0 Å². The van der Waals surface area contributed by atoms with Crippen LogP contribution < -0.4 is 10.6 Å². The summed E-state index contributed by atoms with van der Waals surface area (Å²) in [6.07, 6.45) is -0.117. The van der Waals surface area contributed by atoms with E-state index in [0.717, 1.165) is 22.3 Å². The lowest BCUT2D eigenvalue weighted by atomic mass is 9.98. The zero-order valence-electron chi connectivity index (χ0n) is 19.1. The van der Waals surface area contributed by atoms with Crippen LogP contribution in [0.1, 0.15) is 47.2 Å². The molecule has 0 fully saturated rings. The molecule has 4 rings (SSSR count). The van der Waals surface area contributed by atoms with E-state index in [0.29, 0.717) is 10.9 Å². The molecule has 1 aliphatic carbocycles. The molecule has 35 heavy (non-hydrogen) atoms. The largest absolute Gasteiger partial charge is 0.478 e. The van der Waals surface area contributed by atoms with Crippen molar-refractivity contribution in [3.63, 3.8) is 0 Å². The van der Waals surface area contributed by atoms with Gasteiger partial charge in [0.15, 0.2) is 0 Å². The highest BCUT2D eigenvalue weighted by atomic mass is 79.9. The van der Waals surface area contributed by atoms with Crippen molar-refractivity contribution in [3.8, 4) is 11.1 Å². The van der Waals surface area contributed by atoms with Crippen LogP contribution >= 0.6 is 15.9 Å². The maximum atomic E-state index is 12.6. The Bertz CT molecular complexity index is 1230. The molecule has 2 amide bonds. The van der Waals surface area contributed by atoms with Gasteiger partial charge in [0.2, 0.25) is 5.91 Å². The molecule has 0 saturated carbocycles. The molecule has 0 spiro atoms. The predicted molar refractivity (Wildman–Crippen MR) is 137 cm³/mol. The third-order valence-electron chi connectivity index (χ3n) is 6.08. The van der Waals surface area contributed by atoms with Crippen molar-refractivity contribution < 1.29 is 24.2 Å². The first-order chi connectivity index (χ1) is 16.9. The number of anilines is 1. The van der Waals surface area contributed by atoms with Gasteiger partial charge in [-0.1, -0.05) is 71.4 Å². The van der Waals surface area contributed by atoms with E-state index in [1.54, 1.807) is 6.07 Å². The number of benzene rings is 3. The number of fused-ring (bicyclic) bond motifs is 3. The van der Waals surface area contributed by atoms with Crippen molar-refractivity contribution in [2.45, 2.75) is 31.7 Å². The lowest BCUT2D eigenvalue weighted by Crippen LogP contribution is -2.38. The van der Waals surface area contributed by atoms with Crippen LogP contribution in [0.3, 0.4) is 0 Å². The van der Waals surface area contributed by atoms with Crippen molar-refractivity contribution in [2.75, 3.05) is 11.9 Å². The van der Waals surface area contributed by atoms with Gasteiger partial charge in [-0.15, -0.1) is 0 Å². The maximum Gasteiger partial charge on any atom is 0.407 e. The Balaban J connectivity index is 1.36. The molecule has 0 unspecified atom stereocenters. The fraction of sp³-hybridized carbons (Fsp3) is 0.222. The summed E-state index contributed by atoms with van der Waals surface area (Å²) in [6, 6.07) is 20.2. The zero-order valence-corrected chi connectivity index (χ0v) is 20.7. The summed E-state index contributed by atoms with van der Waals surface area (Å²) in [5.41, 5.74) is 4.71. The van der Waals surface area contributed by atoms with Gasteiger partial charge in [-0.25, -0.2) is 9.59 Å². The molecule has 0 aliphatic heterocycles. The van der Waals surface area contributed by atoms with Crippen LogP contribution in [0.15, 0.2) is 71.2 Å². The normalized spacial score (nSPS) is 12.9. The molecule has 1 atom stereocenters. The highest BCUT2D eigenvalue weighted by Crippen LogP contribution is 2.44. The van der Waals surface area contributed by atoms with E-state index >= 15 is 0 Å². The molecule has 0 heterocycles. The Labute approximate surface area is 211 Å². The number of rotatable bonds is 8. The van der Waals surface area contributed by atoms with Crippen molar-refractivity contribution in [1.82, 2.24) is 5.32 Å². The number of ether oxygens (including phenoxy) is 1. The maximum absolute atomic E-state index is 12.6. The van der Waals surface area contributed by atoms with E-state index < -0.39 is 24.0 Å². The number of hydrogen-bond acceptors (Lipinski definition) is 4. The summed E-state index contributed by atoms with van der Waals surface area (Å²) in [4.78, 5) is 36.6. The topological polar surface area (TPSA) is 105 Å². The standard InChI is InChI=1S/C27H25BrN2O5/c1-2-17(14-25(31)30-24-13-16(28)11-12-22(24)26(32)33)29-27(34)35-15-23-20-9-5-3-7-18(20)19-8-4-6-10-21(19)23/h3-13,17,23H,2,14-15H2,1H3,(H,29,34)(H,30,31)(H,32,33)/t17-/m1/s1. The minimum atomic E-state index is -1.14. The third-order valence-corrected chi connectivity index (χ3v) is 6.57. The number of aromatic carboxylic acids is 1. The van der Waals surface area contributed by atoms with E-state index in [1.807, 2.05) is 43.3 Å². The molecule has 180 valence electrons.